The summed E-state index contributed by atoms with van der Waals surface area (Å²) in [5, 5.41) is 9.43. The molecule has 0 saturated carbocycles. The third-order valence-electron chi connectivity index (χ3n) is 5.55. The molecule has 1 fully saturated rings. The first-order valence-corrected chi connectivity index (χ1v) is 10.4. The molecule has 1 amide bonds. The second-order valence-corrected chi connectivity index (χ2v) is 7.97. The number of aromatic nitrogens is 3. The number of H-pyrrole nitrogens is 1. The number of nitrogens with one attached hydrogen (secondary N) is 2. The van der Waals surface area contributed by atoms with Crippen molar-refractivity contribution in [3.05, 3.63) is 80.7 Å². The fourth-order valence-electron chi connectivity index (χ4n) is 3.90. The average molecular weight is 445 g/mol. The highest BCUT2D eigenvalue weighted by Crippen LogP contribution is 2.35. The lowest BCUT2D eigenvalue weighted by molar-refractivity contribution is -0.0809. The molecule has 0 spiro atoms. The molecule has 4 rings (SSSR count). The number of aromatic amines is 1. The number of halogens is 2. The molecule has 31 heavy (non-hydrogen) atoms. The summed E-state index contributed by atoms with van der Waals surface area (Å²) in [6.07, 6.45) is 2.58. The molecule has 162 valence electrons. The van der Waals surface area contributed by atoms with Gasteiger partial charge in [0.1, 0.15) is 17.2 Å². The van der Waals surface area contributed by atoms with E-state index < -0.39 is 17.2 Å². The summed E-state index contributed by atoms with van der Waals surface area (Å²) in [6.45, 7) is 2.45. The van der Waals surface area contributed by atoms with E-state index in [4.69, 9.17) is 16.3 Å². The predicted molar refractivity (Wildman–Crippen MR) is 114 cm³/mol. The van der Waals surface area contributed by atoms with Crippen molar-refractivity contribution in [2.24, 2.45) is 0 Å². The van der Waals surface area contributed by atoms with Crippen LogP contribution in [0.3, 0.4) is 0 Å². The zero-order valence-corrected chi connectivity index (χ0v) is 17.7. The van der Waals surface area contributed by atoms with Gasteiger partial charge >= 0.3 is 5.69 Å². The van der Waals surface area contributed by atoms with Crippen molar-refractivity contribution in [2.45, 2.75) is 31.8 Å². The lowest BCUT2D eigenvalue weighted by atomic mass is 9.86. The van der Waals surface area contributed by atoms with Crippen LogP contribution in [0.5, 0.6) is 0 Å². The van der Waals surface area contributed by atoms with Gasteiger partial charge in [-0.15, -0.1) is 0 Å². The number of hydrogen-bond acceptors (Lipinski definition) is 4. The van der Waals surface area contributed by atoms with Crippen LogP contribution in [0.1, 0.15) is 41.0 Å². The maximum Gasteiger partial charge on any atom is 0.347 e. The Labute approximate surface area is 183 Å². The summed E-state index contributed by atoms with van der Waals surface area (Å²) < 4.78 is 20.9. The van der Waals surface area contributed by atoms with Crippen molar-refractivity contribution in [2.75, 3.05) is 13.2 Å². The molecule has 1 saturated heterocycles. The van der Waals surface area contributed by atoms with Crippen molar-refractivity contribution in [1.29, 1.82) is 0 Å². The number of amides is 1. The van der Waals surface area contributed by atoms with Crippen LogP contribution in [0, 0.1) is 12.7 Å². The molecular weight excluding hydrogens is 423 g/mol. The third-order valence-corrected chi connectivity index (χ3v) is 5.88. The second-order valence-electron chi connectivity index (χ2n) is 7.56. The van der Waals surface area contributed by atoms with E-state index in [1.54, 1.807) is 37.3 Å². The van der Waals surface area contributed by atoms with Crippen molar-refractivity contribution in [1.82, 2.24) is 20.1 Å². The van der Waals surface area contributed by atoms with Gasteiger partial charge in [-0.2, -0.15) is 5.10 Å². The Hall–Kier alpha value is -2.97. The fraction of sp³-hybridized carbons (Fsp3) is 0.318. The van der Waals surface area contributed by atoms with Crippen LogP contribution >= 0.6 is 11.6 Å². The van der Waals surface area contributed by atoms with Crippen LogP contribution in [0.4, 0.5) is 4.39 Å². The summed E-state index contributed by atoms with van der Waals surface area (Å²) in [5.41, 5.74) is 0.389. The van der Waals surface area contributed by atoms with Crippen LogP contribution < -0.4 is 11.0 Å². The number of carbonyl (C=O) groups excluding carboxylic acids is 1. The topological polar surface area (TPSA) is 89.0 Å². The summed E-state index contributed by atoms with van der Waals surface area (Å²) in [5.74, 6) is -0.256. The van der Waals surface area contributed by atoms with Gasteiger partial charge < -0.3 is 10.1 Å². The van der Waals surface area contributed by atoms with Gasteiger partial charge in [0, 0.05) is 6.61 Å². The number of aryl methyl sites for hydroxylation is 1. The van der Waals surface area contributed by atoms with Crippen LogP contribution in [0.15, 0.2) is 47.3 Å². The van der Waals surface area contributed by atoms with E-state index >= 15 is 0 Å². The van der Waals surface area contributed by atoms with E-state index in [2.05, 4.69) is 15.5 Å². The molecule has 9 heteroatoms. The molecule has 1 aliphatic rings. The smallest absolute Gasteiger partial charge is 0.347 e. The Morgan fingerprint density at radius 2 is 2.06 bits per heavy atom. The molecule has 2 aromatic carbocycles. The van der Waals surface area contributed by atoms with Gasteiger partial charge in [-0.3, -0.25) is 4.79 Å². The number of hydrogen-bond donors (Lipinski definition) is 2. The Bertz CT molecular complexity index is 1150. The van der Waals surface area contributed by atoms with Gasteiger partial charge in [-0.1, -0.05) is 23.7 Å². The maximum absolute atomic E-state index is 13.4. The Balaban J connectivity index is 1.59. The Morgan fingerprint density at radius 1 is 1.29 bits per heavy atom. The number of ether oxygens (including phenoxy) is 1. The lowest BCUT2D eigenvalue weighted by Gasteiger charge is -2.38. The van der Waals surface area contributed by atoms with E-state index in [9.17, 15) is 14.0 Å². The molecule has 1 unspecified atom stereocenters. The van der Waals surface area contributed by atoms with Crippen LogP contribution in [-0.2, 0) is 10.3 Å². The lowest BCUT2D eigenvalue weighted by Crippen LogP contribution is -2.45. The minimum absolute atomic E-state index is 0.211. The molecule has 0 radical (unpaired) electrons. The van der Waals surface area contributed by atoms with Gasteiger partial charge in [-0.05, 0) is 62.1 Å². The molecule has 3 aromatic rings. The highest BCUT2D eigenvalue weighted by atomic mass is 35.5. The van der Waals surface area contributed by atoms with Gasteiger partial charge in [0.05, 0.1) is 22.8 Å². The molecule has 7 nitrogen and oxygen atoms in total. The third kappa shape index (κ3) is 4.26. The second kappa shape index (κ2) is 8.64. The van der Waals surface area contributed by atoms with E-state index in [1.165, 1.54) is 16.7 Å². The van der Waals surface area contributed by atoms with E-state index in [-0.39, 0.29) is 22.9 Å². The summed E-state index contributed by atoms with van der Waals surface area (Å²) in [7, 11) is 0. The maximum atomic E-state index is 13.4. The quantitative estimate of drug-likeness (QED) is 0.630. The summed E-state index contributed by atoms with van der Waals surface area (Å²) in [4.78, 5) is 25.0. The SMILES string of the molecule is Cc1n[nH]c(=O)n1-c1ccc(Cl)c(C(=O)NCC2(c3ccc(F)cc3)CCCCO2)c1. The Kier molecular flexibility index (Phi) is 5.93. The van der Waals surface area contributed by atoms with Crippen molar-refractivity contribution in [3.63, 3.8) is 0 Å². The normalized spacial score (nSPS) is 18.7. The minimum Gasteiger partial charge on any atom is -0.368 e. The average Bonchev–Trinajstić information content (AvgIpc) is 3.11. The molecule has 1 aliphatic heterocycles. The van der Waals surface area contributed by atoms with Gasteiger partial charge in [-0.25, -0.2) is 18.9 Å². The number of carbonyl (C=O) groups is 1. The van der Waals surface area contributed by atoms with E-state index in [0.717, 1.165) is 18.4 Å². The van der Waals surface area contributed by atoms with E-state index in [0.29, 0.717) is 24.5 Å². The first-order chi connectivity index (χ1) is 14.9. The minimum atomic E-state index is -0.732. The summed E-state index contributed by atoms with van der Waals surface area (Å²) >= 11 is 6.28. The van der Waals surface area contributed by atoms with E-state index in [1.807, 2.05) is 0 Å². The van der Waals surface area contributed by atoms with Crippen LogP contribution in [-0.4, -0.2) is 33.8 Å². The van der Waals surface area contributed by atoms with Crippen molar-refractivity contribution < 1.29 is 13.9 Å². The first-order valence-electron chi connectivity index (χ1n) is 10.0. The fourth-order valence-corrected chi connectivity index (χ4v) is 4.10. The molecule has 2 N–H and O–H groups in total. The van der Waals surface area contributed by atoms with Crippen LogP contribution in [0.2, 0.25) is 5.02 Å². The van der Waals surface area contributed by atoms with Crippen molar-refractivity contribution >= 4 is 17.5 Å². The van der Waals surface area contributed by atoms with Gasteiger partial charge in [0.15, 0.2) is 0 Å². The van der Waals surface area contributed by atoms with Crippen LogP contribution in [0.25, 0.3) is 5.69 Å². The molecule has 0 bridgehead atoms. The highest BCUT2D eigenvalue weighted by Gasteiger charge is 2.36. The zero-order valence-electron chi connectivity index (χ0n) is 17.0. The standard InChI is InChI=1S/C22H22ClFN4O3/c1-14-26-27-21(30)28(14)17-8-9-19(23)18(12-17)20(29)25-13-22(10-2-3-11-31-22)15-4-6-16(24)7-5-15/h4-9,12H,2-3,10-11,13H2,1H3,(H,25,29)(H,27,30). The van der Waals surface area contributed by atoms with Gasteiger partial charge in [0.25, 0.3) is 5.91 Å². The summed E-state index contributed by atoms with van der Waals surface area (Å²) in [6, 6.07) is 10.9. The van der Waals surface area contributed by atoms with Gasteiger partial charge in [0.2, 0.25) is 0 Å². The predicted octanol–water partition coefficient (Wildman–Crippen LogP) is 3.49. The van der Waals surface area contributed by atoms with Crippen molar-refractivity contribution in [3.8, 4) is 5.69 Å². The molecular formula is C22H22ClFN4O3. The largest absolute Gasteiger partial charge is 0.368 e. The molecule has 1 aromatic heterocycles. The number of nitrogens with zero attached hydrogens (tertiary/aromatic N) is 2. The molecule has 0 aliphatic carbocycles. The zero-order chi connectivity index (χ0) is 22.0. The first kappa shape index (κ1) is 21.3. The molecule has 2 heterocycles. The number of benzene rings is 2. The monoisotopic (exact) mass is 444 g/mol. The highest BCUT2D eigenvalue weighted by molar-refractivity contribution is 6.33. The number of rotatable bonds is 5. The Morgan fingerprint density at radius 3 is 2.71 bits per heavy atom. The molecule has 1 atom stereocenters.